The van der Waals surface area contributed by atoms with Crippen molar-refractivity contribution in [1.29, 1.82) is 0 Å². The van der Waals surface area contributed by atoms with Crippen molar-refractivity contribution in [1.82, 2.24) is 14.8 Å². The van der Waals surface area contributed by atoms with Gasteiger partial charge in [-0.05, 0) is 68.4 Å². The van der Waals surface area contributed by atoms with Gasteiger partial charge < -0.3 is 29.6 Å². The molecule has 0 atom stereocenters. The minimum atomic E-state index is -0.586. The maximum absolute atomic E-state index is 13.6. The average Bonchev–Trinajstić information content (AvgIpc) is 3.71. The number of halogens is 1. The molecule has 2 aromatic heterocycles. The van der Waals surface area contributed by atoms with Gasteiger partial charge in [-0.2, -0.15) is 0 Å². The number of pyridine rings is 1. The summed E-state index contributed by atoms with van der Waals surface area (Å²) in [6.07, 6.45) is 6.17. The summed E-state index contributed by atoms with van der Waals surface area (Å²) in [5.41, 5.74) is 1.38. The van der Waals surface area contributed by atoms with Crippen LogP contribution >= 0.6 is 11.6 Å². The van der Waals surface area contributed by atoms with Crippen LogP contribution in [0.3, 0.4) is 0 Å². The van der Waals surface area contributed by atoms with E-state index < -0.39 is 5.91 Å². The molecule has 0 unspecified atom stereocenters. The van der Waals surface area contributed by atoms with Crippen LogP contribution in [0.25, 0.3) is 11.0 Å². The third kappa shape index (κ3) is 6.73. The Hall–Kier alpha value is -3.96. The number of morpholine rings is 1. The number of nitrogens with zero attached hydrogens (tertiary/aromatic N) is 3. The molecular formula is C32H36ClN5O6. The molecule has 2 N–H and O–H groups in total. The molecule has 12 heteroatoms. The van der Waals surface area contributed by atoms with Gasteiger partial charge in [0.25, 0.3) is 5.91 Å². The summed E-state index contributed by atoms with van der Waals surface area (Å²) < 4.78 is 11.3. The molecule has 4 heterocycles. The Balaban J connectivity index is 1.22. The zero-order valence-electron chi connectivity index (χ0n) is 24.5. The van der Waals surface area contributed by atoms with Crippen molar-refractivity contribution in [2.24, 2.45) is 11.8 Å². The lowest BCUT2D eigenvalue weighted by atomic mass is 9.81. The van der Waals surface area contributed by atoms with E-state index in [9.17, 15) is 19.2 Å². The van der Waals surface area contributed by atoms with E-state index in [-0.39, 0.29) is 53.2 Å². The van der Waals surface area contributed by atoms with Gasteiger partial charge in [0.15, 0.2) is 0 Å². The number of hydrogen-bond donors (Lipinski definition) is 2. The van der Waals surface area contributed by atoms with Crippen LogP contribution < -0.4 is 10.6 Å². The topological polar surface area (TPSA) is 134 Å². The third-order valence-electron chi connectivity index (χ3n) is 8.76. The molecule has 3 aliphatic rings. The predicted molar refractivity (Wildman–Crippen MR) is 164 cm³/mol. The Labute approximate surface area is 260 Å². The van der Waals surface area contributed by atoms with Gasteiger partial charge in [-0.1, -0.05) is 17.7 Å². The Morgan fingerprint density at radius 1 is 0.886 bits per heavy atom. The van der Waals surface area contributed by atoms with Gasteiger partial charge in [-0.15, -0.1) is 0 Å². The van der Waals surface area contributed by atoms with Gasteiger partial charge in [0.05, 0.1) is 24.7 Å². The number of ether oxygens (including phenoxy) is 1. The van der Waals surface area contributed by atoms with Crippen molar-refractivity contribution in [3.63, 3.8) is 0 Å². The SMILES string of the molecule is O=C(Nc1ccc(Cl)cn1)c1oc2ccc(CC(=O)N3CCOCC3)cc2c1NC(=O)C1CCC(C(=O)N2CCCC2)CC1. The number of fused-ring (bicyclic) bond motifs is 1. The second kappa shape index (κ2) is 13.4. The number of benzene rings is 1. The van der Waals surface area contributed by atoms with Gasteiger partial charge in [-0.3, -0.25) is 19.2 Å². The summed E-state index contributed by atoms with van der Waals surface area (Å²) in [6, 6.07) is 8.46. The summed E-state index contributed by atoms with van der Waals surface area (Å²) >= 11 is 5.94. The minimum Gasteiger partial charge on any atom is -0.449 e. The second-order valence-corrected chi connectivity index (χ2v) is 12.1. The zero-order valence-corrected chi connectivity index (χ0v) is 25.2. The number of hydrogen-bond acceptors (Lipinski definition) is 7. The first kappa shape index (κ1) is 30.1. The highest BCUT2D eigenvalue weighted by Gasteiger charge is 2.34. The standard InChI is InChI=1S/C32H36ClN5O6/c33-23-8-10-26(34-19-23)35-31(41)29-28(36-30(40)21-4-6-22(7-5-21)32(42)38-11-1-2-12-38)24-17-20(3-9-25(24)44-29)18-27(39)37-13-15-43-16-14-37/h3,8-10,17,19,21-22H,1-2,4-7,11-16,18H2,(H,36,40)(H,34,35,41). The number of carbonyl (C=O) groups excluding carboxylic acids is 4. The normalized spacial score (nSPS) is 20.5. The molecule has 44 heavy (non-hydrogen) atoms. The quantitative estimate of drug-likeness (QED) is 0.397. The number of likely N-dealkylation sites (tertiary alicyclic amines) is 1. The van der Waals surface area contributed by atoms with Crippen molar-refractivity contribution in [2.45, 2.75) is 44.9 Å². The Morgan fingerprint density at radius 3 is 2.32 bits per heavy atom. The van der Waals surface area contributed by atoms with E-state index in [0.717, 1.165) is 31.5 Å². The number of aromatic nitrogens is 1. The molecule has 0 spiro atoms. The lowest BCUT2D eigenvalue weighted by Gasteiger charge is -2.29. The van der Waals surface area contributed by atoms with Gasteiger partial charge in [0, 0.05) is 49.6 Å². The maximum Gasteiger partial charge on any atom is 0.294 e. The lowest BCUT2D eigenvalue weighted by molar-refractivity contribution is -0.136. The maximum atomic E-state index is 13.6. The number of nitrogens with one attached hydrogen (secondary N) is 2. The largest absolute Gasteiger partial charge is 0.449 e. The van der Waals surface area contributed by atoms with E-state index in [1.54, 1.807) is 35.2 Å². The molecule has 6 rings (SSSR count). The molecule has 4 amide bonds. The summed E-state index contributed by atoms with van der Waals surface area (Å²) in [7, 11) is 0. The Morgan fingerprint density at radius 2 is 1.61 bits per heavy atom. The third-order valence-corrected chi connectivity index (χ3v) is 8.98. The molecule has 2 aliphatic heterocycles. The zero-order chi connectivity index (χ0) is 30.6. The van der Waals surface area contributed by atoms with Crippen LogP contribution in [0.2, 0.25) is 5.02 Å². The van der Waals surface area contributed by atoms with Crippen molar-refractivity contribution < 1.29 is 28.3 Å². The molecule has 3 fully saturated rings. The van der Waals surface area contributed by atoms with E-state index in [0.29, 0.717) is 68.0 Å². The number of anilines is 2. The van der Waals surface area contributed by atoms with Crippen molar-refractivity contribution in [3.8, 4) is 0 Å². The van der Waals surface area contributed by atoms with Crippen LogP contribution in [0.15, 0.2) is 40.9 Å². The number of amides is 4. The Bertz CT molecular complexity index is 1540. The molecule has 0 bridgehead atoms. The van der Waals surface area contributed by atoms with Gasteiger partial charge in [0.2, 0.25) is 23.5 Å². The van der Waals surface area contributed by atoms with Crippen LogP contribution in [0.4, 0.5) is 11.5 Å². The van der Waals surface area contributed by atoms with Gasteiger partial charge in [0.1, 0.15) is 17.1 Å². The molecular weight excluding hydrogens is 586 g/mol. The second-order valence-electron chi connectivity index (χ2n) is 11.7. The summed E-state index contributed by atoms with van der Waals surface area (Å²) in [6.45, 7) is 3.76. The molecule has 11 nitrogen and oxygen atoms in total. The fourth-order valence-corrected chi connectivity index (χ4v) is 6.40. The first-order chi connectivity index (χ1) is 21.4. The lowest BCUT2D eigenvalue weighted by Crippen LogP contribution is -2.41. The minimum absolute atomic E-state index is 0.0197. The first-order valence-electron chi connectivity index (χ1n) is 15.3. The van der Waals surface area contributed by atoms with Crippen LogP contribution in [0, 0.1) is 11.8 Å². The van der Waals surface area contributed by atoms with Crippen LogP contribution in [0.5, 0.6) is 0 Å². The van der Waals surface area contributed by atoms with Crippen molar-refractivity contribution in [3.05, 3.63) is 52.9 Å². The summed E-state index contributed by atoms with van der Waals surface area (Å²) in [4.78, 5) is 60.7. The molecule has 3 aromatic rings. The van der Waals surface area contributed by atoms with Crippen LogP contribution in [0.1, 0.15) is 54.6 Å². The van der Waals surface area contributed by atoms with E-state index in [4.69, 9.17) is 20.8 Å². The molecule has 232 valence electrons. The fourth-order valence-electron chi connectivity index (χ4n) is 6.28. The highest BCUT2D eigenvalue weighted by molar-refractivity contribution is 6.30. The first-order valence-corrected chi connectivity index (χ1v) is 15.7. The number of rotatable bonds is 7. The predicted octanol–water partition coefficient (Wildman–Crippen LogP) is 4.50. The van der Waals surface area contributed by atoms with Crippen molar-refractivity contribution >= 4 is 57.7 Å². The highest BCUT2D eigenvalue weighted by atomic mass is 35.5. The van der Waals surface area contributed by atoms with E-state index in [1.165, 1.54) is 6.20 Å². The van der Waals surface area contributed by atoms with E-state index in [1.807, 2.05) is 4.90 Å². The molecule has 0 radical (unpaired) electrons. The monoisotopic (exact) mass is 621 g/mol. The summed E-state index contributed by atoms with van der Waals surface area (Å²) in [5, 5.41) is 6.64. The molecule has 2 saturated heterocycles. The molecule has 1 saturated carbocycles. The smallest absolute Gasteiger partial charge is 0.294 e. The molecule has 1 aliphatic carbocycles. The summed E-state index contributed by atoms with van der Waals surface area (Å²) in [5.74, 6) is -0.779. The molecule has 1 aromatic carbocycles. The highest BCUT2D eigenvalue weighted by Crippen LogP contribution is 2.36. The Kier molecular flexibility index (Phi) is 9.13. The van der Waals surface area contributed by atoms with Crippen molar-refractivity contribution in [2.75, 3.05) is 50.0 Å². The fraction of sp³-hybridized carbons (Fsp3) is 0.469. The van der Waals surface area contributed by atoms with E-state index >= 15 is 0 Å². The van der Waals surface area contributed by atoms with Crippen LogP contribution in [-0.4, -0.2) is 77.8 Å². The van der Waals surface area contributed by atoms with E-state index in [2.05, 4.69) is 15.6 Å². The number of furan rings is 1. The van der Waals surface area contributed by atoms with Gasteiger partial charge >= 0.3 is 0 Å². The van der Waals surface area contributed by atoms with Gasteiger partial charge in [-0.25, -0.2) is 4.98 Å². The average molecular weight is 622 g/mol. The van der Waals surface area contributed by atoms with Crippen LogP contribution in [-0.2, 0) is 25.5 Å². The number of carbonyl (C=O) groups is 4.